The molecule has 18 heavy (non-hydrogen) atoms. The summed E-state index contributed by atoms with van der Waals surface area (Å²) in [6, 6.07) is 6.75. The van der Waals surface area contributed by atoms with Crippen LogP contribution in [0.25, 0.3) is 0 Å². The molecule has 1 heterocycles. The summed E-state index contributed by atoms with van der Waals surface area (Å²) in [6.45, 7) is 1.86. The van der Waals surface area contributed by atoms with Gasteiger partial charge >= 0.3 is 5.97 Å². The molecule has 1 N–H and O–H groups in total. The van der Waals surface area contributed by atoms with Crippen LogP contribution in [0.15, 0.2) is 36.7 Å². The first-order chi connectivity index (χ1) is 8.58. The van der Waals surface area contributed by atoms with Gasteiger partial charge in [0.2, 0.25) is 0 Å². The molecule has 4 nitrogen and oxygen atoms in total. The second kappa shape index (κ2) is 5.34. The highest BCUT2D eigenvalue weighted by Crippen LogP contribution is 2.28. The quantitative estimate of drug-likeness (QED) is 0.857. The smallest absolute Gasteiger partial charge is 0.339 e. The van der Waals surface area contributed by atoms with E-state index in [1.807, 2.05) is 6.92 Å². The molecule has 1 aromatic carbocycles. The van der Waals surface area contributed by atoms with Crippen molar-refractivity contribution in [3.63, 3.8) is 0 Å². The molecule has 92 valence electrons. The van der Waals surface area contributed by atoms with E-state index in [2.05, 4.69) is 27.6 Å². The SMILES string of the molecule is Cc1cnccc1Oc1ccc(I)cc1C(=O)O. The Morgan fingerprint density at radius 1 is 1.33 bits per heavy atom. The minimum absolute atomic E-state index is 0.151. The molecule has 5 heteroatoms. The third-order valence-electron chi connectivity index (χ3n) is 2.36. The lowest BCUT2D eigenvalue weighted by molar-refractivity contribution is 0.0694. The number of ether oxygens (including phenoxy) is 1. The number of aryl methyl sites for hydroxylation is 1. The average Bonchev–Trinajstić information content (AvgIpc) is 2.34. The average molecular weight is 355 g/mol. The highest BCUT2D eigenvalue weighted by molar-refractivity contribution is 14.1. The first-order valence-electron chi connectivity index (χ1n) is 5.19. The summed E-state index contributed by atoms with van der Waals surface area (Å²) in [6.07, 6.45) is 3.28. The van der Waals surface area contributed by atoms with Crippen LogP contribution in [0.2, 0.25) is 0 Å². The van der Waals surface area contributed by atoms with Crippen molar-refractivity contribution in [3.05, 3.63) is 51.4 Å². The predicted octanol–water partition coefficient (Wildman–Crippen LogP) is 3.49. The number of benzene rings is 1. The lowest BCUT2D eigenvalue weighted by atomic mass is 10.2. The van der Waals surface area contributed by atoms with Gasteiger partial charge < -0.3 is 9.84 Å². The normalized spacial score (nSPS) is 10.1. The minimum atomic E-state index is -1.00. The molecule has 0 unspecified atom stereocenters. The van der Waals surface area contributed by atoms with Crippen molar-refractivity contribution in [3.8, 4) is 11.5 Å². The molecule has 2 rings (SSSR count). The van der Waals surface area contributed by atoms with E-state index >= 15 is 0 Å². The van der Waals surface area contributed by atoms with Crippen LogP contribution in [0.1, 0.15) is 15.9 Å². The van der Waals surface area contributed by atoms with Gasteiger partial charge in [-0.2, -0.15) is 0 Å². The standard InChI is InChI=1S/C13H10INO3/c1-8-7-15-5-4-11(8)18-12-3-2-9(14)6-10(12)13(16)17/h2-7H,1H3,(H,16,17). The summed E-state index contributed by atoms with van der Waals surface area (Å²) >= 11 is 2.06. The lowest BCUT2D eigenvalue weighted by Gasteiger charge is -2.10. The molecule has 0 saturated heterocycles. The fourth-order valence-electron chi connectivity index (χ4n) is 1.45. The van der Waals surface area contributed by atoms with Crippen molar-refractivity contribution in [1.29, 1.82) is 0 Å². The molecular weight excluding hydrogens is 345 g/mol. The minimum Gasteiger partial charge on any atom is -0.478 e. The van der Waals surface area contributed by atoms with Crippen LogP contribution in [-0.2, 0) is 0 Å². The molecule has 0 amide bonds. The number of rotatable bonds is 3. The summed E-state index contributed by atoms with van der Waals surface area (Å²) in [5, 5.41) is 9.14. The number of carboxylic acid groups (broad SMARTS) is 1. The van der Waals surface area contributed by atoms with Crippen molar-refractivity contribution in [1.82, 2.24) is 4.98 Å². The van der Waals surface area contributed by atoms with Gasteiger partial charge in [0, 0.05) is 21.5 Å². The Hall–Kier alpha value is -1.63. The molecule has 0 atom stereocenters. The van der Waals surface area contributed by atoms with Crippen LogP contribution in [-0.4, -0.2) is 16.1 Å². The first kappa shape index (κ1) is 12.8. The molecule has 0 bridgehead atoms. The Labute approximate surface area is 118 Å². The molecule has 0 saturated carbocycles. The third-order valence-corrected chi connectivity index (χ3v) is 3.03. The molecule has 0 aliphatic heterocycles. The highest BCUT2D eigenvalue weighted by Gasteiger charge is 2.13. The largest absolute Gasteiger partial charge is 0.478 e. The van der Waals surface area contributed by atoms with Gasteiger partial charge in [-0.1, -0.05) is 0 Å². The topological polar surface area (TPSA) is 59.4 Å². The molecule has 0 aliphatic rings. The molecule has 0 radical (unpaired) electrons. The van der Waals surface area contributed by atoms with Gasteiger partial charge in [-0.25, -0.2) is 4.79 Å². The van der Waals surface area contributed by atoms with E-state index in [4.69, 9.17) is 9.84 Å². The Bertz CT molecular complexity index is 599. The van der Waals surface area contributed by atoms with E-state index in [9.17, 15) is 4.79 Å². The fourth-order valence-corrected chi connectivity index (χ4v) is 1.94. The number of aromatic nitrogens is 1. The number of carboxylic acids is 1. The zero-order chi connectivity index (χ0) is 13.1. The maximum Gasteiger partial charge on any atom is 0.339 e. The summed E-state index contributed by atoms with van der Waals surface area (Å²) < 4.78 is 6.48. The second-order valence-corrected chi connectivity index (χ2v) is 4.93. The summed E-state index contributed by atoms with van der Waals surface area (Å²) in [7, 11) is 0. The Morgan fingerprint density at radius 3 is 2.78 bits per heavy atom. The van der Waals surface area contributed by atoms with E-state index in [1.54, 1.807) is 36.7 Å². The Kier molecular flexibility index (Phi) is 3.81. The summed E-state index contributed by atoms with van der Waals surface area (Å²) in [5.41, 5.74) is 1.01. The third kappa shape index (κ3) is 2.79. The van der Waals surface area contributed by atoms with Gasteiger partial charge in [0.05, 0.1) is 0 Å². The molecule has 1 aromatic heterocycles. The zero-order valence-electron chi connectivity index (χ0n) is 9.55. The van der Waals surface area contributed by atoms with Crippen LogP contribution < -0.4 is 4.74 Å². The van der Waals surface area contributed by atoms with Crippen molar-refractivity contribution in [2.45, 2.75) is 6.92 Å². The maximum atomic E-state index is 11.2. The zero-order valence-corrected chi connectivity index (χ0v) is 11.7. The molecular formula is C13H10INO3. The van der Waals surface area contributed by atoms with Crippen molar-refractivity contribution >= 4 is 28.6 Å². The van der Waals surface area contributed by atoms with Crippen molar-refractivity contribution in [2.75, 3.05) is 0 Å². The summed E-state index contributed by atoms with van der Waals surface area (Å²) in [4.78, 5) is 15.1. The van der Waals surface area contributed by atoms with E-state index in [0.717, 1.165) is 9.13 Å². The van der Waals surface area contributed by atoms with Gasteiger partial charge in [-0.15, -0.1) is 0 Å². The van der Waals surface area contributed by atoms with E-state index in [1.165, 1.54) is 0 Å². The van der Waals surface area contributed by atoms with Crippen LogP contribution in [0.4, 0.5) is 0 Å². The first-order valence-corrected chi connectivity index (χ1v) is 6.27. The van der Waals surface area contributed by atoms with Gasteiger partial charge in [-0.3, -0.25) is 4.98 Å². The molecule has 2 aromatic rings. The Balaban J connectivity index is 2.41. The number of aromatic carboxylic acids is 1. The van der Waals surface area contributed by atoms with Crippen LogP contribution in [0.5, 0.6) is 11.5 Å². The van der Waals surface area contributed by atoms with Gasteiger partial charge in [-0.05, 0) is 53.8 Å². The molecule has 0 aliphatic carbocycles. The van der Waals surface area contributed by atoms with Crippen LogP contribution in [0, 0.1) is 10.5 Å². The van der Waals surface area contributed by atoms with Crippen molar-refractivity contribution in [2.24, 2.45) is 0 Å². The van der Waals surface area contributed by atoms with Gasteiger partial charge in [0.15, 0.2) is 0 Å². The number of halogens is 1. The number of hydrogen-bond donors (Lipinski definition) is 1. The molecule has 0 spiro atoms. The predicted molar refractivity (Wildman–Crippen MR) is 75.2 cm³/mol. The number of pyridine rings is 1. The number of carbonyl (C=O) groups is 1. The maximum absolute atomic E-state index is 11.2. The van der Waals surface area contributed by atoms with Gasteiger partial charge in [0.25, 0.3) is 0 Å². The van der Waals surface area contributed by atoms with Crippen molar-refractivity contribution < 1.29 is 14.6 Å². The van der Waals surface area contributed by atoms with E-state index in [0.29, 0.717) is 11.5 Å². The monoisotopic (exact) mass is 355 g/mol. The van der Waals surface area contributed by atoms with Crippen LogP contribution in [0.3, 0.4) is 0 Å². The fraction of sp³-hybridized carbons (Fsp3) is 0.0769. The van der Waals surface area contributed by atoms with E-state index in [-0.39, 0.29) is 5.56 Å². The van der Waals surface area contributed by atoms with Crippen LogP contribution >= 0.6 is 22.6 Å². The number of hydrogen-bond acceptors (Lipinski definition) is 3. The number of nitrogens with zero attached hydrogens (tertiary/aromatic N) is 1. The Morgan fingerprint density at radius 2 is 2.11 bits per heavy atom. The molecule has 0 fully saturated rings. The summed E-state index contributed by atoms with van der Waals surface area (Å²) in [5.74, 6) is -0.0684. The second-order valence-electron chi connectivity index (χ2n) is 3.69. The van der Waals surface area contributed by atoms with Gasteiger partial charge in [0.1, 0.15) is 17.1 Å². The lowest BCUT2D eigenvalue weighted by Crippen LogP contribution is -2.01. The van der Waals surface area contributed by atoms with E-state index < -0.39 is 5.97 Å². The highest BCUT2D eigenvalue weighted by atomic mass is 127.